The number of methoxy groups -OCH3 is 3. The molecule has 132 valence electrons. The molecule has 0 heterocycles. The molecule has 2 aromatic carbocycles. The number of nitrogens with one attached hydrogen (secondary N) is 1. The number of carbonyl (C=O) groups excluding carboxylic acids is 1. The molecule has 0 radical (unpaired) electrons. The Hall–Kier alpha value is -3.22. The zero-order valence-corrected chi connectivity index (χ0v) is 14.3. The van der Waals surface area contributed by atoms with Gasteiger partial charge in [-0.3, -0.25) is 4.79 Å². The maximum Gasteiger partial charge on any atom is 0.277 e. The first-order chi connectivity index (χ1) is 12.1. The summed E-state index contributed by atoms with van der Waals surface area (Å²) in [6, 6.07) is 12.2. The molecule has 7 heteroatoms. The van der Waals surface area contributed by atoms with Crippen molar-refractivity contribution in [1.29, 1.82) is 0 Å². The van der Waals surface area contributed by atoms with E-state index in [4.69, 9.17) is 18.9 Å². The average Bonchev–Trinajstić information content (AvgIpc) is 2.66. The fourth-order valence-corrected chi connectivity index (χ4v) is 1.94. The normalized spacial score (nSPS) is 10.4. The van der Waals surface area contributed by atoms with Gasteiger partial charge in [-0.05, 0) is 36.4 Å². The van der Waals surface area contributed by atoms with Crippen LogP contribution in [0.5, 0.6) is 23.0 Å². The van der Waals surface area contributed by atoms with E-state index in [1.165, 1.54) is 6.21 Å². The molecule has 1 N–H and O–H groups in total. The Kier molecular flexibility index (Phi) is 6.65. The van der Waals surface area contributed by atoms with Crippen molar-refractivity contribution in [2.75, 3.05) is 27.9 Å². The highest BCUT2D eigenvalue weighted by Gasteiger charge is 2.03. The van der Waals surface area contributed by atoms with Gasteiger partial charge in [-0.1, -0.05) is 0 Å². The van der Waals surface area contributed by atoms with E-state index in [-0.39, 0.29) is 12.5 Å². The van der Waals surface area contributed by atoms with Gasteiger partial charge in [0.1, 0.15) is 23.0 Å². The van der Waals surface area contributed by atoms with Crippen molar-refractivity contribution in [1.82, 2.24) is 5.43 Å². The van der Waals surface area contributed by atoms with Gasteiger partial charge in [-0.15, -0.1) is 0 Å². The monoisotopic (exact) mass is 344 g/mol. The van der Waals surface area contributed by atoms with Gasteiger partial charge in [0.05, 0.1) is 27.5 Å². The summed E-state index contributed by atoms with van der Waals surface area (Å²) in [5.41, 5.74) is 3.13. The lowest BCUT2D eigenvalue weighted by Gasteiger charge is -2.06. The van der Waals surface area contributed by atoms with Gasteiger partial charge < -0.3 is 18.9 Å². The predicted octanol–water partition coefficient (Wildman–Crippen LogP) is 2.24. The minimum absolute atomic E-state index is 0.148. The molecule has 0 aliphatic heterocycles. The molecule has 0 aliphatic carbocycles. The van der Waals surface area contributed by atoms with Crippen LogP contribution in [-0.4, -0.2) is 40.1 Å². The molecule has 7 nitrogen and oxygen atoms in total. The fourth-order valence-electron chi connectivity index (χ4n) is 1.94. The second kappa shape index (κ2) is 9.17. The first-order valence-electron chi connectivity index (χ1n) is 7.46. The van der Waals surface area contributed by atoms with E-state index in [2.05, 4.69) is 10.5 Å². The lowest BCUT2D eigenvalue weighted by Crippen LogP contribution is -2.24. The third-order valence-electron chi connectivity index (χ3n) is 3.21. The molecule has 0 spiro atoms. The number of nitrogens with zero attached hydrogens (tertiary/aromatic N) is 1. The van der Waals surface area contributed by atoms with Crippen LogP contribution in [-0.2, 0) is 4.79 Å². The number of hydrazone groups is 1. The molecule has 2 aromatic rings. The van der Waals surface area contributed by atoms with Gasteiger partial charge in [0.15, 0.2) is 6.61 Å². The molecule has 0 unspecified atom stereocenters. The molecule has 0 aromatic heterocycles. The minimum atomic E-state index is -0.373. The summed E-state index contributed by atoms with van der Waals surface area (Å²) >= 11 is 0. The van der Waals surface area contributed by atoms with Crippen molar-refractivity contribution in [2.24, 2.45) is 5.10 Å². The van der Waals surface area contributed by atoms with Crippen molar-refractivity contribution in [3.8, 4) is 23.0 Å². The lowest BCUT2D eigenvalue weighted by atomic mass is 10.2. The van der Waals surface area contributed by atoms with Crippen LogP contribution >= 0.6 is 0 Å². The van der Waals surface area contributed by atoms with Gasteiger partial charge in [-0.2, -0.15) is 5.10 Å². The Bertz CT molecular complexity index is 706. The predicted molar refractivity (Wildman–Crippen MR) is 93.8 cm³/mol. The summed E-state index contributed by atoms with van der Waals surface area (Å²) in [4.78, 5) is 11.8. The van der Waals surface area contributed by atoms with Gasteiger partial charge in [-0.25, -0.2) is 5.43 Å². The number of benzene rings is 2. The number of rotatable bonds is 8. The Morgan fingerprint density at radius 3 is 2.04 bits per heavy atom. The number of amides is 1. The van der Waals surface area contributed by atoms with Crippen LogP contribution in [0.1, 0.15) is 5.56 Å². The molecule has 1 amide bonds. The first-order valence-corrected chi connectivity index (χ1v) is 7.46. The zero-order valence-electron chi connectivity index (χ0n) is 14.3. The van der Waals surface area contributed by atoms with Gasteiger partial charge in [0.25, 0.3) is 5.91 Å². The molecule has 0 aliphatic rings. The Morgan fingerprint density at radius 1 is 0.920 bits per heavy atom. The third kappa shape index (κ3) is 5.72. The number of hydrogen-bond acceptors (Lipinski definition) is 6. The highest BCUT2D eigenvalue weighted by molar-refractivity contribution is 5.83. The summed E-state index contributed by atoms with van der Waals surface area (Å²) in [5.74, 6) is 2.18. The van der Waals surface area contributed by atoms with Crippen molar-refractivity contribution in [3.05, 3.63) is 48.0 Å². The van der Waals surface area contributed by atoms with Crippen LogP contribution in [0.2, 0.25) is 0 Å². The summed E-state index contributed by atoms with van der Waals surface area (Å²) in [6.07, 6.45) is 1.50. The molecule has 0 fully saturated rings. The van der Waals surface area contributed by atoms with Crippen LogP contribution in [0.4, 0.5) is 0 Å². The second-order valence-electron chi connectivity index (χ2n) is 4.90. The van der Waals surface area contributed by atoms with Crippen LogP contribution in [0.25, 0.3) is 0 Å². The SMILES string of the molecule is COc1ccc(OCC(=O)NN=Cc2cc(OC)cc(OC)c2)cc1. The maximum absolute atomic E-state index is 11.8. The Morgan fingerprint density at radius 2 is 1.48 bits per heavy atom. The number of carbonyl (C=O) groups is 1. The van der Waals surface area contributed by atoms with Crippen molar-refractivity contribution >= 4 is 12.1 Å². The molecule has 0 saturated carbocycles. The molecule has 0 saturated heterocycles. The lowest BCUT2D eigenvalue weighted by molar-refractivity contribution is -0.123. The highest BCUT2D eigenvalue weighted by atomic mass is 16.5. The van der Waals surface area contributed by atoms with E-state index < -0.39 is 0 Å². The van der Waals surface area contributed by atoms with Crippen LogP contribution < -0.4 is 24.4 Å². The Labute approximate surface area is 146 Å². The first kappa shape index (κ1) is 18.1. The quantitative estimate of drug-likeness (QED) is 0.587. The summed E-state index contributed by atoms with van der Waals surface area (Å²) in [7, 11) is 4.71. The topological polar surface area (TPSA) is 78.4 Å². The van der Waals surface area contributed by atoms with E-state index in [1.54, 1.807) is 63.8 Å². The second-order valence-corrected chi connectivity index (χ2v) is 4.90. The summed E-state index contributed by atoms with van der Waals surface area (Å²) < 4.78 is 20.8. The smallest absolute Gasteiger partial charge is 0.277 e. The van der Waals surface area contributed by atoms with E-state index in [0.29, 0.717) is 17.2 Å². The Balaban J connectivity index is 1.85. The van der Waals surface area contributed by atoms with Gasteiger partial charge in [0.2, 0.25) is 0 Å². The van der Waals surface area contributed by atoms with Crippen molar-refractivity contribution < 1.29 is 23.7 Å². The van der Waals surface area contributed by atoms with Gasteiger partial charge in [0, 0.05) is 11.6 Å². The molecule has 25 heavy (non-hydrogen) atoms. The van der Waals surface area contributed by atoms with Crippen LogP contribution in [0.3, 0.4) is 0 Å². The van der Waals surface area contributed by atoms with Crippen molar-refractivity contribution in [2.45, 2.75) is 0 Å². The van der Waals surface area contributed by atoms with Crippen molar-refractivity contribution in [3.63, 3.8) is 0 Å². The average molecular weight is 344 g/mol. The minimum Gasteiger partial charge on any atom is -0.497 e. The van der Waals surface area contributed by atoms with E-state index >= 15 is 0 Å². The zero-order chi connectivity index (χ0) is 18.1. The number of ether oxygens (including phenoxy) is 4. The van der Waals surface area contributed by atoms with E-state index in [0.717, 1.165) is 11.3 Å². The largest absolute Gasteiger partial charge is 0.497 e. The fraction of sp³-hybridized carbons (Fsp3) is 0.222. The molecule has 2 rings (SSSR count). The standard InChI is InChI=1S/C18H20N2O5/c1-22-14-4-6-15(7-5-14)25-12-18(21)20-19-11-13-8-16(23-2)10-17(9-13)24-3/h4-11H,12H2,1-3H3,(H,20,21). The molecule has 0 bridgehead atoms. The third-order valence-corrected chi connectivity index (χ3v) is 3.21. The van der Waals surface area contributed by atoms with Crippen LogP contribution in [0, 0.1) is 0 Å². The summed E-state index contributed by atoms with van der Waals surface area (Å²) in [6.45, 7) is -0.148. The maximum atomic E-state index is 11.8. The van der Waals surface area contributed by atoms with E-state index in [9.17, 15) is 4.79 Å². The number of hydrogen-bond donors (Lipinski definition) is 1. The molecular formula is C18H20N2O5. The van der Waals surface area contributed by atoms with E-state index in [1.807, 2.05) is 0 Å². The molecule has 0 atom stereocenters. The molecular weight excluding hydrogens is 324 g/mol. The highest BCUT2D eigenvalue weighted by Crippen LogP contribution is 2.21. The van der Waals surface area contributed by atoms with Gasteiger partial charge >= 0.3 is 0 Å². The summed E-state index contributed by atoms with van der Waals surface area (Å²) in [5, 5.41) is 3.90. The van der Waals surface area contributed by atoms with Crippen LogP contribution in [0.15, 0.2) is 47.6 Å².